The molecular formula is C13H22ClNO3. The van der Waals surface area contributed by atoms with Gasteiger partial charge in [0.15, 0.2) is 0 Å². The molecule has 0 saturated heterocycles. The van der Waals surface area contributed by atoms with Crippen molar-refractivity contribution in [3.63, 3.8) is 0 Å². The van der Waals surface area contributed by atoms with E-state index in [1.54, 1.807) is 0 Å². The number of rotatable bonds is 3. The van der Waals surface area contributed by atoms with Crippen LogP contribution in [0.3, 0.4) is 0 Å². The van der Waals surface area contributed by atoms with Gasteiger partial charge in [-0.3, -0.25) is 4.79 Å². The number of nitrogens with one attached hydrogen (secondary N) is 1. The summed E-state index contributed by atoms with van der Waals surface area (Å²) >= 11 is 5.48. The third kappa shape index (κ3) is 5.71. The van der Waals surface area contributed by atoms with Gasteiger partial charge in [0, 0.05) is 12.5 Å². The van der Waals surface area contributed by atoms with E-state index in [4.69, 9.17) is 16.3 Å². The number of hydrogen-bond acceptors (Lipinski definition) is 3. The van der Waals surface area contributed by atoms with E-state index in [9.17, 15) is 9.59 Å². The maximum absolute atomic E-state index is 11.5. The van der Waals surface area contributed by atoms with Gasteiger partial charge in [-0.15, -0.1) is 0 Å². The molecule has 18 heavy (non-hydrogen) atoms. The third-order valence-corrected chi connectivity index (χ3v) is 3.41. The van der Waals surface area contributed by atoms with E-state index >= 15 is 0 Å². The molecule has 4 nitrogen and oxygen atoms in total. The fourth-order valence-electron chi connectivity index (χ4n) is 2.14. The van der Waals surface area contributed by atoms with Gasteiger partial charge in [0.25, 0.3) is 0 Å². The van der Waals surface area contributed by atoms with Gasteiger partial charge in [-0.2, -0.15) is 0 Å². The Morgan fingerprint density at radius 1 is 1.22 bits per heavy atom. The fourth-order valence-corrected chi connectivity index (χ4v) is 2.35. The second kappa shape index (κ2) is 6.41. The van der Waals surface area contributed by atoms with Crippen molar-refractivity contribution in [3.05, 3.63) is 0 Å². The molecule has 0 spiro atoms. The third-order valence-electron chi connectivity index (χ3n) is 3.10. The summed E-state index contributed by atoms with van der Waals surface area (Å²) in [6.45, 7) is 6.12. The highest BCUT2D eigenvalue weighted by Gasteiger charge is 2.25. The molecule has 0 atom stereocenters. The normalized spacial score (nSPS) is 24.4. The summed E-state index contributed by atoms with van der Waals surface area (Å²) < 4.78 is 5.16. The minimum atomic E-state index is -0.465. The first-order valence-corrected chi connectivity index (χ1v) is 6.82. The number of carbonyl (C=O) groups excluding carboxylic acids is 2. The number of amides is 1. The minimum absolute atomic E-state index is 0.00411. The van der Waals surface area contributed by atoms with Gasteiger partial charge in [0.2, 0.25) is 5.24 Å². The van der Waals surface area contributed by atoms with Crippen LogP contribution in [0.25, 0.3) is 0 Å². The highest BCUT2D eigenvalue weighted by Crippen LogP contribution is 2.29. The van der Waals surface area contributed by atoms with Crippen LogP contribution in [0.15, 0.2) is 0 Å². The topological polar surface area (TPSA) is 55.4 Å². The summed E-state index contributed by atoms with van der Waals surface area (Å²) in [5.41, 5.74) is -0.465. The highest BCUT2D eigenvalue weighted by molar-refractivity contribution is 6.63. The second-order valence-corrected chi connectivity index (χ2v) is 6.28. The Bertz CT molecular complexity index is 304. The Kier molecular flexibility index (Phi) is 5.45. The summed E-state index contributed by atoms with van der Waals surface area (Å²) in [6, 6.07) is 0. The molecule has 1 amide bonds. The molecule has 1 saturated carbocycles. The first kappa shape index (κ1) is 15.3. The minimum Gasteiger partial charge on any atom is -0.444 e. The number of alkyl carbamates (subject to hydrolysis) is 1. The summed E-state index contributed by atoms with van der Waals surface area (Å²) in [4.78, 5) is 22.5. The Morgan fingerprint density at radius 2 is 1.78 bits per heavy atom. The monoisotopic (exact) mass is 275 g/mol. The molecule has 0 aromatic heterocycles. The molecule has 0 aliphatic heterocycles. The van der Waals surface area contributed by atoms with Crippen LogP contribution in [0.2, 0.25) is 0 Å². The summed E-state index contributed by atoms with van der Waals surface area (Å²) in [5, 5.41) is 2.55. The van der Waals surface area contributed by atoms with Crippen LogP contribution >= 0.6 is 11.6 Å². The van der Waals surface area contributed by atoms with Crippen LogP contribution in [0.1, 0.15) is 46.5 Å². The lowest BCUT2D eigenvalue weighted by atomic mass is 9.82. The lowest BCUT2D eigenvalue weighted by Gasteiger charge is -2.27. The van der Waals surface area contributed by atoms with Crippen molar-refractivity contribution in [3.8, 4) is 0 Å². The lowest BCUT2D eigenvalue weighted by molar-refractivity contribution is -0.116. The van der Waals surface area contributed by atoms with Crippen molar-refractivity contribution in [2.75, 3.05) is 6.54 Å². The van der Waals surface area contributed by atoms with Crippen LogP contribution in [0.4, 0.5) is 4.79 Å². The summed E-state index contributed by atoms with van der Waals surface area (Å²) in [5.74, 6) is 0.425. The number of carbonyl (C=O) groups is 2. The van der Waals surface area contributed by atoms with Crippen LogP contribution in [-0.2, 0) is 9.53 Å². The smallest absolute Gasteiger partial charge is 0.407 e. The first-order chi connectivity index (χ1) is 8.28. The van der Waals surface area contributed by atoms with E-state index in [2.05, 4.69) is 5.32 Å². The number of halogens is 1. The predicted molar refractivity (Wildman–Crippen MR) is 70.5 cm³/mol. The zero-order valence-electron chi connectivity index (χ0n) is 11.3. The quantitative estimate of drug-likeness (QED) is 0.806. The molecule has 1 fully saturated rings. The summed E-state index contributed by atoms with van der Waals surface area (Å²) in [6.07, 6.45) is 3.13. The Balaban J connectivity index is 2.22. The van der Waals surface area contributed by atoms with Crippen molar-refractivity contribution >= 4 is 22.9 Å². The SMILES string of the molecule is CC(C)(C)OC(=O)NCC1CCC(C(=O)Cl)CC1. The molecule has 0 radical (unpaired) electrons. The van der Waals surface area contributed by atoms with E-state index in [0.29, 0.717) is 12.5 Å². The molecule has 0 aromatic rings. The number of hydrogen-bond donors (Lipinski definition) is 1. The van der Waals surface area contributed by atoms with E-state index in [0.717, 1.165) is 25.7 Å². The molecule has 1 aliphatic carbocycles. The van der Waals surface area contributed by atoms with Gasteiger partial charge in [-0.1, -0.05) is 0 Å². The molecule has 5 heteroatoms. The molecule has 0 aromatic carbocycles. The average molecular weight is 276 g/mol. The van der Waals surface area contributed by atoms with Gasteiger partial charge >= 0.3 is 6.09 Å². The zero-order chi connectivity index (χ0) is 13.8. The highest BCUT2D eigenvalue weighted by atomic mass is 35.5. The van der Waals surface area contributed by atoms with E-state index in [-0.39, 0.29) is 17.3 Å². The predicted octanol–water partition coefficient (Wildman–Crippen LogP) is 3.08. The van der Waals surface area contributed by atoms with Gasteiger partial charge in [0.05, 0.1) is 0 Å². The van der Waals surface area contributed by atoms with Crippen molar-refractivity contribution in [1.82, 2.24) is 5.32 Å². The van der Waals surface area contributed by atoms with Crippen molar-refractivity contribution < 1.29 is 14.3 Å². The lowest BCUT2D eigenvalue weighted by Crippen LogP contribution is -2.36. The first-order valence-electron chi connectivity index (χ1n) is 6.44. The van der Waals surface area contributed by atoms with Gasteiger partial charge < -0.3 is 10.1 Å². The Hall–Kier alpha value is -0.770. The average Bonchev–Trinajstić information content (AvgIpc) is 2.24. The molecule has 1 rings (SSSR count). The molecular weight excluding hydrogens is 254 g/mol. The van der Waals surface area contributed by atoms with E-state index < -0.39 is 5.60 Å². The second-order valence-electron chi connectivity index (χ2n) is 5.90. The molecule has 1 N–H and O–H groups in total. The molecule has 0 heterocycles. The van der Waals surface area contributed by atoms with Crippen LogP contribution in [0, 0.1) is 11.8 Å². The summed E-state index contributed by atoms with van der Waals surface area (Å²) in [7, 11) is 0. The maximum Gasteiger partial charge on any atom is 0.407 e. The molecule has 104 valence electrons. The zero-order valence-corrected chi connectivity index (χ0v) is 12.0. The maximum atomic E-state index is 11.5. The van der Waals surface area contributed by atoms with Crippen LogP contribution < -0.4 is 5.32 Å². The van der Waals surface area contributed by atoms with Crippen molar-refractivity contribution in [2.24, 2.45) is 11.8 Å². The largest absolute Gasteiger partial charge is 0.444 e. The number of ether oxygens (including phenoxy) is 1. The Morgan fingerprint density at radius 3 is 2.22 bits per heavy atom. The molecule has 1 aliphatic rings. The van der Waals surface area contributed by atoms with Crippen LogP contribution in [-0.4, -0.2) is 23.5 Å². The van der Waals surface area contributed by atoms with Gasteiger partial charge in [0.1, 0.15) is 5.60 Å². The van der Waals surface area contributed by atoms with Crippen LogP contribution in [0.5, 0.6) is 0 Å². The molecule has 0 unspecified atom stereocenters. The van der Waals surface area contributed by atoms with E-state index in [1.807, 2.05) is 20.8 Å². The van der Waals surface area contributed by atoms with Gasteiger partial charge in [-0.25, -0.2) is 4.79 Å². The van der Waals surface area contributed by atoms with Crippen molar-refractivity contribution in [2.45, 2.75) is 52.1 Å². The molecule has 0 bridgehead atoms. The Labute approximate surface area is 113 Å². The van der Waals surface area contributed by atoms with Crippen molar-refractivity contribution in [1.29, 1.82) is 0 Å². The standard InChI is InChI=1S/C13H22ClNO3/c1-13(2,3)18-12(17)15-8-9-4-6-10(7-5-9)11(14)16/h9-10H,4-8H2,1-3H3,(H,15,17). The van der Waals surface area contributed by atoms with E-state index in [1.165, 1.54) is 0 Å². The fraction of sp³-hybridized carbons (Fsp3) is 0.846. The van der Waals surface area contributed by atoms with Gasteiger partial charge in [-0.05, 0) is 64.0 Å².